The molecule has 2 N–H and O–H groups in total. The molecule has 1 heteroatoms. The predicted molar refractivity (Wildman–Crippen MR) is 300 cm³/mol. The van der Waals surface area contributed by atoms with E-state index in [1.54, 1.807) is 0 Å². The van der Waals surface area contributed by atoms with Gasteiger partial charge >= 0.3 is 0 Å². The highest BCUT2D eigenvalue weighted by Gasteiger charge is 2.46. The van der Waals surface area contributed by atoms with Gasteiger partial charge in [0.15, 0.2) is 0 Å². The first-order valence-corrected chi connectivity index (χ1v) is 24.9. The van der Waals surface area contributed by atoms with Gasteiger partial charge in [0.05, 0.1) is 5.41 Å². The lowest BCUT2D eigenvalue weighted by molar-refractivity contribution is 0.769. The van der Waals surface area contributed by atoms with Crippen molar-refractivity contribution in [3.05, 3.63) is 288 Å². The van der Waals surface area contributed by atoms with Crippen LogP contribution in [0.25, 0.3) is 77.2 Å². The van der Waals surface area contributed by atoms with Gasteiger partial charge in [0, 0.05) is 6.54 Å². The van der Waals surface area contributed by atoms with Crippen molar-refractivity contribution in [2.75, 3.05) is 0 Å². The molecule has 0 fully saturated rings. The van der Waals surface area contributed by atoms with Crippen LogP contribution in [-0.4, -0.2) is 0 Å². The SMILES string of the molecule is CC.CCc1ccc(-c2c(-c3ccc(C4(c5ccccc5)c5ccccc5-c5c4ccc4ccccc54)cc3)cc3c4c-3cccc24)cc1.Cc1ccccc1-c1ccccc1.NCc1ccccc1. The third-order valence-corrected chi connectivity index (χ3v) is 14.1. The van der Waals surface area contributed by atoms with Crippen molar-refractivity contribution in [3.8, 4) is 55.6 Å². The lowest BCUT2D eigenvalue weighted by Gasteiger charge is -2.34. The van der Waals surface area contributed by atoms with Crippen molar-refractivity contribution in [3.63, 3.8) is 0 Å². The Bertz CT molecular complexity index is 3550. The van der Waals surface area contributed by atoms with Crippen molar-refractivity contribution in [2.24, 2.45) is 5.73 Å². The summed E-state index contributed by atoms with van der Waals surface area (Å²) in [5, 5.41) is 5.37. The van der Waals surface area contributed by atoms with Crippen molar-refractivity contribution in [1.82, 2.24) is 0 Å². The molecule has 0 aromatic heterocycles. The molecule has 11 aromatic rings. The van der Waals surface area contributed by atoms with Crippen molar-refractivity contribution in [1.29, 1.82) is 0 Å². The fourth-order valence-electron chi connectivity index (χ4n) is 10.7. The van der Waals surface area contributed by atoms with E-state index in [0.29, 0.717) is 6.54 Å². The highest BCUT2D eigenvalue weighted by molar-refractivity contribution is 6.26. The Morgan fingerprint density at radius 3 is 1.61 bits per heavy atom. The number of aryl methyl sites for hydroxylation is 2. The molecule has 70 heavy (non-hydrogen) atoms. The smallest absolute Gasteiger partial charge is 0.0713 e. The molecule has 2 aliphatic rings. The minimum atomic E-state index is -0.426. The fraction of sp³-hybridized carbons (Fsp3) is 0.101. The zero-order chi connectivity index (χ0) is 48.0. The second-order valence-corrected chi connectivity index (χ2v) is 17.9. The highest BCUT2D eigenvalue weighted by Crippen LogP contribution is 2.58. The Labute approximate surface area is 414 Å². The van der Waals surface area contributed by atoms with Crippen LogP contribution in [0.5, 0.6) is 0 Å². The molecular weight excluding hydrogens is 843 g/mol. The Kier molecular flexibility index (Phi) is 13.2. The molecule has 0 saturated carbocycles. The molecule has 0 heterocycles. The minimum Gasteiger partial charge on any atom is -0.326 e. The highest BCUT2D eigenvalue weighted by atomic mass is 14.5. The Balaban J connectivity index is 0.000000203. The molecule has 0 amide bonds. The maximum atomic E-state index is 5.35. The Morgan fingerprint density at radius 1 is 0.371 bits per heavy atom. The van der Waals surface area contributed by atoms with Crippen LogP contribution in [0.4, 0.5) is 0 Å². The van der Waals surface area contributed by atoms with Crippen LogP contribution in [0.15, 0.2) is 249 Å². The molecule has 0 bridgehead atoms. The van der Waals surface area contributed by atoms with Crippen LogP contribution in [0.3, 0.4) is 0 Å². The Morgan fingerprint density at radius 2 is 0.929 bits per heavy atom. The third kappa shape index (κ3) is 8.33. The molecule has 0 spiro atoms. The van der Waals surface area contributed by atoms with E-state index in [2.05, 4.69) is 226 Å². The van der Waals surface area contributed by atoms with E-state index in [-0.39, 0.29) is 0 Å². The van der Waals surface area contributed by atoms with Crippen molar-refractivity contribution < 1.29 is 0 Å². The lowest BCUT2D eigenvalue weighted by Crippen LogP contribution is -2.28. The molecule has 1 nitrogen and oxygen atoms in total. The normalized spacial score (nSPS) is 13.4. The average molecular weight is 902 g/mol. The first-order chi connectivity index (χ1) is 34.6. The van der Waals surface area contributed by atoms with Gasteiger partial charge in [0.25, 0.3) is 0 Å². The van der Waals surface area contributed by atoms with E-state index in [1.165, 1.54) is 116 Å². The average Bonchev–Trinajstić information content (AvgIpc) is 4.07. The zero-order valence-corrected chi connectivity index (χ0v) is 40.7. The molecule has 13 rings (SSSR count). The third-order valence-electron chi connectivity index (χ3n) is 14.1. The van der Waals surface area contributed by atoms with Crippen LogP contribution in [-0.2, 0) is 18.4 Å². The molecule has 1 atom stereocenters. The van der Waals surface area contributed by atoms with Crippen molar-refractivity contribution in [2.45, 2.75) is 46.1 Å². The number of fused-ring (bicyclic) bond motifs is 6. The summed E-state index contributed by atoms with van der Waals surface area (Å²) in [4.78, 5) is 0. The number of nitrogens with two attached hydrogens (primary N) is 1. The summed E-state index contributed by atoms with van der Waals surface area (Å²) in [6.45, 7) is 9.00. The summed E-state index contributed by atoms with van der Waals surface area (Å²) in [7, 11) is 0. The second-order valence-electron chi connectivity index (χ2n) is 17.9. The van der Waals surface area contributed by atoms with Gasteiger partial charge < -0.3 is 5.73 Å². The molecule has 11 aromatic carbocycles. The van der Waals surface area contributed by atoms with E-state index < -0.39 is 5.41 Å². The van der Waals surface area contributed by atoms with Gasteiger partial charge in [-0.2, -0.15) is 0 Å². The van der Waals surface area contributed by atoms with Gasteiger partial charge in [-0.25, -0.2) is 0 Å². The largest absolute Gasteiger partial charge is 0.326 e. The molecule has 0 saturated heterocycles. The van der Waals surface area contributed by atoms with Gasteiger partial charge in [0.1, 0.15) is 0 Å². The van der Waals surface area contributed by atoms with E-state index >= 15 is 0 Å². The van der Waals surface area contributed by atoms with Crippen LogP contribution >= 0.6 is 0 Å². The second kappa shape index (κ2) is 20.2. The molecule has 0 radical (unpaired) electrons. The number of hydrogen-bond donors (Lipinski definition) is 1. The number of rotatable bonds is 7. The zero-order valence-electron chi connectivity index (χ0n) is 40.7. The maximum Gasteiger partial charge on any atom is 0.0713 e. The first-order valence-electron chi connectivity index (χ1n) is 24.9. The summed E-state index contributed by atoms with van der Waals surface area (Å²) in [5.41, 5.74) is 27.3. The summed E-state index contributed by atoms with van der Waals surface area (Å²) < 4.78 is 0. The first kappa shape index (κ1) is 45.7. The molecular formula is C69H59N. The van der Waals surface area contributed by atoms with Crippen LogP contribution in [0, 0.1) is 6.92 Å². The van der Waals surface area contributed by atoms with Crippen molar-refractivity contribution >= 4 is 21.5 Å². The minimum absolute atomic E-state index is 0.426. The van der Waals surface area contributed by atoms with Gasteiger partial charge in [-0.15, -0.1) is 0 Å². The summed E-state index contributed by atoms with van der Waals surface area (Å²) >= 11 is 0. The van der Waals surface area contributed by atoms with Crippen LogP contribution < -0.4 is 5.73 Å². The van der Waals surface area contributed by atoms with E-state index in [1.807, 2.05) is 50.2 Å². The Hall–Kier alpha value is -8.10. The summed E-state index contributed by atoms with van der Waals surface area (Å²) in [6, 6.07) is 90.5. The van der Waals surface area contributed by atoms with E-state index in [0.717, 1.165) is 6.42 Å². The molecule has 1 unspecified atom stereocenters. The fourth-order valence-corrected chi connectivity index (χ4v) is 10.7. The topological polar surface area (TPSA) is 26.0 Å². The van der Waals surface area contributed by atoms with E-state index in [4.69, 9.17) is 5.73 Å². The molecule has 340 valence electrons. The lowest BCUT2D eigenvalue weighted by atomic mass is 9.67. The molecule has 0 aliphatic heterocycles. The van der Waals surface area contributed by atoms with Gasteiger partial charge in [-0.05, 0) is 136 Å². The maximum absolute atomic E-state index is 5.35. The number of hydrogen-bond acceptors (Lipinski definition) is 1. The van der Waals surface area contributed by atoms with Gasteiger partial charge in [-0.1, -0.05) is 263 Å². The molecule has 2 aliphatic carbocycles. The predicted octanol–water partition coefficient (Wildman–Crippen LogP) is 18.1. The summed E-state index contributed by atoms with van der Waals surface area (Å²) in [6.07, 6.45) is 1.05. The number of benzene rings is 11. The van der Waals surface area contributed by atoms with Crippen LogP contribution in [0.2, 0.25) is 0 Å². The standard InChI is InChI=1S/C47H32.C13H12.C7H9N.C2H6/c1-2-30-19-21-33(22-20-30)44-39-17-10-16-37-41(45(37)39)29-40(44)32-23-26-35(27-24-32)47(34-12-4-3-5-13-34)42-18-9-8-15-38(42)46-36-14-7-6-11-31(36)25-28-43(46)47;1-11-7-5-6-10-13(11)12-8-3-2-4-9-12;8-6-7-4-2-1-3-5-7;1-2/h3-29H,2H2,1H3;2-10H,1H3;1-5H,6,8H2;1-2H3. The quantitative estimate of drug-likeness (QED) is 0.169. The monoisotopic (exact) mass is 901 g/mol. The van der Waals surface area contributed by atoms with E-state index in [9.17, 15) is 0 Å². The summed E-state index contributed by atoms with van der Waals surface area (Å²) in [5.74, 6) is 0. The van der Waals surface area contributed by atoms with Gasteiger partial charge in [0.2, 0.25) is 0 Å². The van der Waals surface area contributed by atoms with Crippen LogP contribution in [0.1, 0.15) is 59.7 Å². The van der Waals surface area contributed by atoms with Gasteiger partial charge in [-0.3, -0.25) is 0 Å².